The van der Waals surface area contributed by atoms with Crippen molar-refractivity contribution in [1.29, 1.82) is 0 Å². The molecule has 2 aliphatic heterocycles. The Labute approximate surface area is 61.0 Å². The monoisotopic (exact) mass is 136 g/mol. The zero-order valence-corrected chi connectivity index (χ0v) is 6.06. The third kappa shape index (κ3) is 0.991. The molecule has 54 valence electrons. The van der Waals surface area contributed by atoms with E-state index in [0.29, 0.717) is 0 Å². The van der Waals surface area contributed by atoms with Crippen molar-refractivity contribution in [1.82, 2.24) is 5.32 Å². The summed E-state index contributed by atoms with van der Waals surface area (Å²) in [4.78, 5) is 4.37. The zero-order valence-electron chi connectivity index (χ0n) is 6.06. The summed E-state index contributed by atoms with van der Waals surface area (Å²) in [5, 5.41) is 3.35. The Balaban J connectivity index is 2.23. The lowest BCUT2D eigenvalue weighted by Gasteiger charge is -2.20. The second-order valence-electron chi connectivity index (χ2n) is 2.83. The van der Waals surface area contributed by atoms with Gasteiger partial charge in [-0.05, 0) is 18.4 Å². The standard InChI is InChI=1S/C8H12N2/c1-2-7-6-9-5-3-8(7)10-4-1/h4,9H,1-3,5-6H2. The lowest BCUT2D eigenvalue weighted by Crippen LogP contribution is -2.25. The maximum atomic E-state index is 4.37. The van der Waals surface area contributed by atoms with E-state index >= 15 is 0 Å². The van der Waals surface area contributed by atoms with Gasteiger partial charge in [-0.1, -0.05) is 0 Å². The summed E-state index contributed by atoms with van der Waals surface area (Å²) in [7, 11) is 0. The number of hydrogen-bond acceptors (Lipinski definition) is 2. The Morgan fingerprint density at radius 1 is 1.40 bits per heavy atom. The molecule has 0 amide bonds. The first-order valence-electron chi connectivity index (χ1n) is 3.91. The molecular formula is C8H12N2. The molecule has 0 unspecified atom stereocenters. The van der Waals surface area contributed by atoms with E-state index in [4.69, 9.17) is 0 Å². The molecule has 0 aromatic carbocycles. The quantitative estimate of drug-likeness (QED) is 0.530. The van der Waals surface area contributed by atoms with Crippen LogP contribution in [-0.2, 0) is 0 Å². The SMILES string of the molecule is C1=NC2=C(CC1)CNCC2. The van der Waals surface area contributed by atoms with E-state index in [-0.39, 0.29) is 0 Å². The summed E-state index contributed by atoms with van der Waals surface area (Å²) < 4.78 is 0. The maximum Gasteiger partial charge on any atom is 0.0417 e. The number of nitrogens with one attached hydrogen (secondary N) is 1. The molecule has 0 saturated heterocycles. The highest BCUT2D eigenvalue weighted by Gasteiger charge is 2.12. The summed E-state index contributed by atoms with van der Waals surface area (Å²) in [5.41, 5.74) is 2.89. The normalized spacial score (nSPS) is 24.8. The van der Waals surface area contributed by atoms with Crippen molar-refractivity contribution in [3.05, 3.63) is 11.3 Å². The third-order valence-corrected chi connectivity index (χ3v) is 2.11. The van der Waals surface area contributed by atoms with Gasteiger partial charge in [0.1, 0.15) is 0 Å². The van der Waals surface area contributed by atoms with Crippen molar-refractivity contribution in [3.8, 4) is 0 Å². The van der Waals surface area contributed by atoms with Crippen molar-refractivity contribution in [2.75, 3.05) is 13.1 Å². The highest BCUT2D eigenvalue weighted by molar-refractivity contribution is 5.61. The highest BCUT2D eigenvalue weighted by Crippen LogP contribution is 2.20. The zero-order chi connectivity index (χ0) is 6.81. The van der Waals surface area contributed by atoms with Crippen molar-refractivity contribution in [3.63, 3.8) is 0 Å². The number of rotatable bonds is 0. The predicted molar refractivity (Wildman–Crippen MR) is 42.2 cm³/mol. The van der Waals surface area contributed by atoms with Crippen LogP contribution in [0.1, 0.15) is 19.3 Å². The molecule has 0 aromatic heterocycles. The first-order valence-corrected chi connectivity index (χ1v) is 3.91. The minimum Gasteiger partial charge on any atom is -0.313 e. The predicted octanol–water partition coefficient (Wildman–Crippen LogP) is 1.10. The Morgan fingerprint density at radius 2 is 2.40 bits per heavy atom. The van der Waals surface area contributed by atoms with Gasteiger partial charge >= 0.3 is 0 Å². The number of hydrogen-bond donors (Lipinski definition) is 1. The summed E-state index contributed by atoms with van der Waals surface area (Å²) >= 11 is 0. The van der Waals surface area contributed by atoms with Crippen LogP contribution < -0.4 is 5.32 Å². The fraction of sp³-hybridized carbons (Fsp3) is 0.625. The molecule has 0 bridgehead atoms. The maximum absolute atomic E-state index is 4.37. The molecule has 2 nitrogen and oxygen atoms in total. The molecule has 0 aliphatic carbocycles. The fourth-order valence-corrected chi connectivity index (χ4v) is 1.53. The van der Waals surface area contributed by atoms with Gasteiger partial charge in [-0.25, -0.2) is 0 Å². The van der Waals surface area contributed by atoms with Crippen molar-refractivity contribution in [2.45, 2.75) is 19.3 Å². The van der Waals surface area contributed by atoms with Crippen LogP contribution in [0.15, 0.2) is 16.3 Å². The summed E-state index contributed by atoms with van der Waals surface area (Å²) in [5.74, 6) is 0. The van der Waals surface area contributed by atoms with Crippen molar-refractivity contribution in [2.24, 2.45) is 4.99 Å². The second kappa shape index (κ2) is 2.54. The van der Waals surface area contributed by atoms with Crippen LogP contribution in [0, 0.1) is 0 Å². The number of aliphatic imine (C=N–C) groups is 1. The lowest BCUT2D eigenvalue weighted by atomic mass is 10.0. The topological polar surface area (TPSA) is 24.4 Å². The van der Waals surface area contributed by atoms with E-state index in [2.05, 4.69) is 10.3 Å². The van der Waals surface area contributed by atoms with Gasteiger partial charge in [0.2, 0.25) is 0 Å². The minimum absolute atomic E-state index is 1.08. The first-order chi connectivity index (χ1) is 4.97. The molecule has 2 heteroatoms. The van der Waals surface area contributed by atoms with E-state index < -0.39 is 0 Å². The van der Waals surface area contributed by atoms with Crippen LogP contribution in [0.2, 0.25) is 0 Å². The Kier molecular flexibility index (Phi) is 1.55. The molecule has 2 heterocycles. The van der Waals surface area contributed by atoms with Gasteiger partial charge in [0.15, 0.2) is 0 Å². The molecule has 0 atom stereocenters. The molecule has 2 aliphatic rings. The Hall–Kier alpha value is -0.630. The molecular weight excluding hydrogens is 124 g/mol. The number of nitrogens with zero attached hydrogens (tertiary/aromatic N) is 1. The molecule has 0 aromatic rings. The van der Waals surface area contributed by atoms with Crippen LogP contribution in [0.25, 0.3) is 0 Å². The van der Waals surface area contributed by atoms with Crippen molar-refractivity contribution < 1.29 is 0 Å². The Morgan fingerprint density at radius 3 is 3.30 bits per heavy atom. The fourth-order valence-electron chi connectivity index (χ4n) is 1.53. The lowest BCUT2D eigenvalue weighted by molar-refractivity contribution is 0.646. The summed E-state index contributed by atoms with van der Waals surface area (Å²) in [6.45, 7) is 2.18. The second-order valence-corrected chi connectivity index (χ2v) is 2.83. The minimum atomic E-state index is 1.08. The molecule has 2 rings (SSSR count). The molecule has 1 N–H and O–H groups in total. The van der Waals surface area contributed by atoms with Gasteiger partial charge in [-0.15, -0.1) is 0 Å². The smallest absolute Gasteiger partial charge is 0.0417 e. The molecule has 0 saturated carbocycles. The van der Waals surface area contributed by atoms with E-state index in [0.717, 1.165) is 25.9 Å². The van der Waals surface area contributed by atoms with Crippen LogP contribution >= 0.6 is 0 Å². The van der Waals surface area contributed by atoms with Gasteiger partial charge < -0.3 is 5.32 Å². The van der Waals surface area contributed by atoms with Gasteiger partial charge in [-0.3, -0.25) is 4.99 Å². The van der Waals surface area contributed by atoms with E-state index in [9.17, 15) is 0 Å². The average molecular weight is 136 g/mol. The van der Waals surface area contributed by atoms with E-state index in [1.165, 1.54) is 17.7 Å². The van der Waals surface area contributed by atoms with Crippen molar-refractivity contribution >= 4 is 6.21 Å². The van der Waals surface area contributed by atoms with Crippen LogP contribution in [0.4, 0.5) is 0 Å². The molecule has 0 radical (unpaired) electrons. The van der Waals surface area contributed by atoms with Crippen LogP contribution in [0.3, 0.4) is 0 Å². The molecule has 10 heavy (non-hydrogen) atoms. The van der Waals surface area contributed by atoms with Gasteiger partial charge in [0, 0.05) is 31.4 Å². The van der Waals surface area contributed by atoms with Gasteiger partial charge in [0.25, 0.3) is 0 Å². The van der Waals surface area contributed by atoms with E-state index in [1.807, 2.05) is 6.21 Å². The summed E-state index contributed by atoms with van der Waals surface area (Å²) in [6, 6.07) is 0. The van der Waals surface area contributed by atoms with Gasteiger partial charge in [-0.2, -0.15) is 0 Å². The third-order valence-electron chi connectivity index (χ3n) is 2.11. The summed E-state index contributed by atoms with van der Waals surface area (Å²) in [6.07, 6.45) is 5.54. The van der Waals surface area contributed by atoms with Gasteiger partial charge in [0.05, 0.1) is 0 Å². The average Bonchev–Trinajstić information content (AvgIpc) is 2.05. The Bertz CT molecular complexity index is 191. The largest absolute Gasteiger partial charge is 0.313 e. The highest BCUT2D eigenvalue weighted by atomic mass is 14.9. The molecule has 0 fully saturated rings. The van der Waals surface area contributed by atoms with Crippen LogP contribution in [-0.4, -0.2) is 19.3 Å². The molecule has 0 spiro atoms. The van der Waals surface area contributed by atoms with E-state index in [1.54, 1.807) is 0 Å². The van der Waals surface area contributed by atoms with Crippen LogP contribution in [0.5, 0.6) is 0 Å². The first kappa shape index (κ1) is 6.10.